The van der Waals surface area contributed by atoms with E-state index in [-0.39, 0.29) is 24.8 Å². The number of ether oxygens (including phenoxy) is 1. The van der Waals surface area contributed by atoms with E-state index in [1.165, 1.54) is 0 Å². The van der Waals surface area contributed by atoms with E-state index < -0.39 is 0 Å². The van der Waals surface area contributed by atoms with Crippen LogP contribution in [0.2, 0.25) is 0 Å². The fourth-order valence-electron chi connectivity index (χ4n) is 4.24. The maximum Gasteiger partial charge on any atom is 0.242 e. The lowest BCUT2D eigenvalue weighted by Gasteiger charge is -2.36. The topological polar surface area (TPSA) is 70.8 Å². The Hall–Kier alpha value is -4.00. The van der Waals surface area contributed by atoms with Crippen molar-refractivity contribution in [2.45, 2.75) is 13.2 Å². The van der Waals surface area contributed by atoms with Gasteiger partial charge in [-0.3, -0.25) is 4.79 Å². The van der Waals surface area contributed by atoms with Gasteiger partial charge >= 0.3 is 0 Å². The molecule has 0 spiro atoms. The number of aromatic nitrogens is 2. The number of anilines is 1. The summed E-state index contributed by atoms with van der Waals surface area (Å²) in [6.45, 7) is 3.07. The second kappa shape index (κ2) is 9.24. The van der Waals surface area contributed by atoms with Gasteiger partial charge in [-0.15, -0.1) is 0 Å². The Balaban J connectivity index is 1.29. The lowest BCUT2D eigenvalue weighted by molar-refractivity contribution is -0.132. The Labute approximate surface area is 192 Å². The third-order valence-electron chi connectivity index (χ3n) is 5.99. The molecule has 0 unspecified atom stereocenters. The molecule has 33 heavy (non-hydrogen) atoms. The van der Waals surface area contributed by atoms with Gasteiger partial charge in [0.2, 0.25) is 5.91 Å². The van der Waals surface area contributed by atoms with Gasteiger partial charge < -0.3 is 24.2 Å². The molecule has 3 aromatic carbocycles. The number of benzene rings is 3. The van der Waals surface area contributed by atoms with Crippen LogP contribution in [0, 0.1) is 0 Å². The van der Waals surface area contributed by atoms with Crippen molar-refractivity contribution in [3.63, 3.8) is 0 Å². The maximum absolute atomic E-state index is 13.2. The number of phenolic OH excluding ortho intramolecular Hbond substituents is 1. The molecule has 0 atom stereocenters. The minimum absolute atomic E-state index is 0.0519. The number of para-hydroxylation sites is 5. The van der Waals surface area contributed by atoms with E-state index >= 15 is 0 Å². The lowest BCUT2D eigenvalue weighted by Crippen LogP contribution is -2.49. The summed E-state index contributed by atoms with van der Waals surface area (Å²) in [4.78, 5) is 21.9. The van der Waals surface area contributed by atoms with E-state index in [1.807, 2.05) is 82.3 Å². The quantitative estimate of drug-likeness (QED) is 0.493. The second-order valence-electron chi connectivity index (χ2n) is 8.06. The van der Waals surface area contributed by atoms with E-state index in [0.717, 1.165) is 28.3 Å². The number of amides is 1. The van der Waals surface area contributed by atoms with Crippen LogP contribution in [0.4, 0.5) is 5.69 Å². The number of hydrogen-bond donors (Lipinski definition) is 1. The van der Waals surface area contributed by atoms with E-state index in [1.54, 1.807) is 6.07 Å². The molecule has 4 aromatic rings. The van der Waals surface area contributed by atoms with Gasteiger partial charge in [0.15, 0.2) is 0 Å². The molecular weight excluding hydrogens is 416 g/mol. The first-order chi connectivity index (χ1) is 16.2. The zero-order valence-electron chi connectivity index (χ0n) is 18.3. The molecule has 1 amide bonds. The van der Waals surface area contributed by atoms with E-state index in [4.69, 9.17) is 9.72 Å². The fourth-order valence-corrected chi connectivity index (χ4v) is 4.24. The number of fused-ring (bicyclic) bond motifs is 1. The Bertz CT molecular complexity index is 1250. The second-order valence-corrected chi connectivity index (χ2v) is 8.06. The van der Waals surface area contributed by atoms with Crippen molar-refractivity contribution in [3.05, 3.63) is 84.7 Å². The summed E-state index contributed by atoms with van der Waals surface area (Å²) >= 11 is 0. The van der Waals surface area contributed by atoms with Crippen LogP contribution in [-0.4, -0.2) is 51.6 Å². The van der Waals surface area contributed by atoms with Crippen molar-refractivity contribution in [3.8, 4) is 11.5 Å². The number of rotatable bonds is 6. The Kier molecular flexibility index (Phi) is 5.85. The van der Waals surface area contributed by atoms with Crippen LogP contribution in [0.1, 0.15) is 5.82 Å². The zero-order valence-corrected chi connectivity index (χ0v) is 18.3. The number of carbonyl (C=O) groups excluding carboxylic acids is 1. The molecule has 1 aliphatic rings. The van der Waals surface area contributed by atoms with Crippen LogP contribution in [0.5, 0.6) is 11.5 Å². The molecule has 5 rings (SSSR count). The number of nitrogens with zero attached hydrogens (tertiary/aromatic N) is 4. The van der Waals surface area contributed by atoms with E-state index in [0.29, 0.717) is 26.2 Å². The van der Waals surface area contributed by atoms with Crippen molar-refractivity contribution in [1.82, 2.24) is 14.5 Å². The van der Waals surface area contributed by atoms with Gasteiger partial charge in [-0.2, -0.15) is 0 Å². The normalized spacial score (nSPS) is 13.9. The van der Waals surface area contributed by atoms with Gasteiger partial charge in [0.25, 0.3) is 0 Å². The minimum Gasteiger partial charge on any atom is -0.506 e. The average molecular weight is 443 g/mol. The largest absolute Gasteiger partial charge is 0.506 e. The number of carbonyl (C=O) groups is 1. The van der Waals surface area contributed by atoms with Crippen molar-refractivity contribution in [2.75, 3.05) is 31.1 Å². The zero-order chi connectivity index (χ0) is 22.6. The highest BCUT2D eigenvalue weighted by atomic mass is 16.5. The molecule has 0 aliphatic carbocycles. The summed E-state index contributed by atoms with van der Waals surface area (Å²) in [7, 11) is 0. The van der Waals surface area contributed by atoms with E-state index in [9.17, 15) is 9.90 Å². The molecule has 0 bridgehead atoms. The first kappa shape index (κ1) is 20.9. The monoisotopic (exact) mass is 442 g/mol. The van der Waals surface area contributed by atoms with Crippen LogP contribution >= 0.6 is 0 Å². The van der Waals surface area contributed by atoms with Crippen molar-refractivity contribution in [2.24, 2.45) is 0 Å². The summed E-state index contributed by atoms with van der Waals surface area (Å²) in [6.07, 6.45) is 0. The van der Waals surface area contributed by atoms with E-state index in [2.05, 4.69) is 4.90 Å². The predicted molar refractivity (Wildman–Crippen MR) is 127 cm³/mol. The highest BCUT2D eigenvalue weighted by molar-refractivity contribution is 5.81. The molecule has 1 fully saturated rings. The van der Waals surface area contributed by atoms with Gasteiger partial charge in [-0.25, -0.2) is 4.98 Å². The van der Waals surface area contributed by atoms with Gasteiger partial charge in [0.05, 0.1) is 16.7 Å². The molecule has 7 nitrogen and oxygen atoms in total. The SMILES string of the molecule is O=C(Cn1c(COc2ccccc2)nc2ccccc21)N1CCN(c2ccccc2O)CC1. The molecule has 0 saturated carbocycles. The minimum atomic E-state index is 0.0519. The molecule has 1 N–H and O–H groups in total. The number of phenols is 1. The molecule has 0 radical (unpaired) electrons. The summed E-state index contributed by atoms with van der Waals surface area (Å²) in [5.74, 6) is 1.81. The predicted octanol–water partition coefficient (Wildman–Crippen LogP) is 3.67. The standard InChI is InChI=1S/C26H26N4O3/c31-24-13-7-6-12-23(24)28-14-16-29(17-15-28)26(32)18-30-22-11-5-4-10-21(22)27-25(30)19-33-20-8-2-1-3-9-20/h1-13,31H,14-19H2. The molecule has 1 aromatic heterocycles. The van der Waals surface area contributed by atoms with Crippen LogP contribution in [-0.2, 0) is 17.9 Å². The van der Waals surface area contributed by atoms with Crippen LogP contribution in [0.15, 0.2) is 78.9 Å². The van der Waals surface area contributed by atoms with Gasteiger partial charge in [-0.1, -0.05) is 42.5 Å². The van der Waals surface area contributed by atoms with Crippen molar-refractivity contribution >= 4 is 22.6 Å². The third kappa shape index (κ3) is 4.48. The maximum atomic E-state index is 13.2. The molecule has 168 valence electrons. The van der Waals surface area contributed by atoms with Crippen LogP contribution in [0.25, 0.3) is 11.0 Å². The fraction of sp³-hybridized carbons (Fsp3) is 0.231. The summed E-state index contributed by atoms with van der Waals surface area (Å²) in [5.41, 5.74) is 2.58. The molecule has 1 aliphatic heterocycles. The van der Waals surface area contributed by atoms with Gasteiger partial charge in [0.1, 0.15) is 30.5 Å². The highest BCUT2D eigenvalue weighted by Crippen LogP contribution is 2.27. The Morgan fingerprint density at radius 2 is 1.58 bits per heavy atom. The summed E-state index contributed by atoms with van der Waals surface area (Å²) < 4.78 is 7.88. The Morgan fingerprint density at radius 3 is 2.36 bits per heavy atom. The smallest absolute Gasteiger partial charge is 0.242 e. The average Bonchev–Trinajstić information content (AvgIpc) is 3.21. The summed E-state index contributed by atoms with van der Waals surface area (Å²) in [6, 6.07) is 24.8. The summed E-state index contributed by atoms with van der Waals surface area (Å²) in [5, 5.41) is 10.1. The highest BCUT2D eigenvalue weighted by Gasteiger charge is 2.24. The van der Waals surface area contributed by atoms with Crippen LogP contribution in [0.3, 0.4) is 0 Å². The molecule has 1 saturated heterocycles. The van der Waals surface area contributed by atoms with Gasteiger partial charge in [-0.05, 0) is 36.4 Å². The van der Waals surface area contributed by atoms with Crippen molar-refractivity contribution in [1.29, 1.82) is 0 Å². The molecule has 7 heteroatoms. The van der Waals surface area contributed by atoms with Gasteiger partial charge in [0, 0.05) is 26.2 Å². The lowest BCUT2D eigenvalue weighted by atomic mass is 10.2. The number of aromatic hydroxyl groups is 1. The first-order valence-electron chi connectivity index (χ1n) is 11.1. The van der Waals surface area contributed by atoms with Crippen molar-refractivity contribution < 1.29 is 14.6 Å². The molecule has 2 heterocycles. The number of imidazole rings is 1. The third-order valence-corrected chi connectivity index (χ3v) is 5.99. The molecular formula is C26H26N4O3. The number of piperazine rings is 1. The van der Waals surface area contributed by atoms with Crippen LogP contribution < -0.4 is 9.64 Å². The Morgan fingerprint density at radius 1 is 0.879 bits per heavy atom. The number of hydrogen-bond acceptors (Lipinski definition) is 5. The first-order valence-corrected chi connectivity index (χ1v) is 11.1.